The highest BCUT2D eigenvalue weighted by atomic mass is 35.5. The molecule has 1 spiro atoms. The van der Waals surface area contributed by atoms with E-state index in [1.165, 1.54) is 0 Å². The Balaban J connectivity index is 1.02. The Bertz CT molecular complexity index is 2370. The van der Waals surface area contributed by atoms with Crippen LogP contribution in [0.15, 0.2) is 65.6 Å². The highest BCUT2D eigenvalue weighted by Gasteiger charge is 2.48. The molecule has 0 unspecified atom stereocenters. The smallest absolute Gasteiger partial charge is 0.277 e. The van der Waals surface area contributed by atoms with Crippen molar-refractivity contribution in [3.05, 3.63) is 92.6 Å². The van der Waals surface area contributed by atoms with E-state index in [1.807, 2.05) is 67.7 Å². The number of carbonyl (C=O) groups excluding carboxylic acids is 2. The van der Waals surface area contributed by atoms with Crippen molar-refractivity contribution in [3.63, 3.8) is 0 Å². The van der Waals surface area contributed by atoms with Crippen molar-refractivity contribution in [2.75, 3.05) is 13.7 Å². The Kier molecular flexibility index (Phi) is 9.50. The van der Waals surface area contributed by atoms with E-state index < -0.39 is 0 Å². The van der Waals surface area contributed by atoms with E-state index in [2.05, 4.69) is 21.3 Å². The summed E-state index contributed by atoms with van der Waals surface area (Å²) in [6.07, 6.45) is 6.38. The van der Waals surface area contributed by atoms with Crippen molar-refractivity contribution in [2.45, 2.75) is 75.7 Å². The van der Waals surface area contributed by atoms with Crippen molar-refractivity contribution in [3.8, 4) is 39.4 Å². The molecule has 8 rings (SSSR count). The van der Waals surface area contributed by atoms with Gasteiger partial charge in [-0.3, -0.25) is 19.0 Å². The first kappa shape index (κ1) is 36.2. The van der Waals surface area contributed by atoms with Gasteiger partial charge < -0.3 is 26.0 Å². The number of hydrogen-bond acceptors (Lipinski definition) is 8. The molecule has 14 heteroatoms. The number of benzene rings is 2. The van der Waals surface area contributed by atoms with Gasteiger partial charge in [0.2, 0.25) is 17.7 Å². The molecule has 3 fully saturated rings. The summed E-state index contributed by atoms with van der Waals surface area (Å²) in [6, 6.07) is 17.5. The van der Waals surface area contributed by atoms with Gasteiger partial charge >= 0.3 is 0 Å². The number of amides is 2. The second kappa shape index (κ2) is 14.2. The second-order valence-electron chi connectivity index (χ2n) is 15.1. The molecular weight excluding hydrogens is 727 g/mol. The van der Waals surface area contributed by atoms with Crippen molar-refractivity contribution >= 4 is 40.5 Å². The van der Waals surface area contributed by atoms with E-state index >= 15 is 0 Å². The molecular formula is C40H42Cl2N8O4. The van der Waals surface area contributed by atoms with Crippen LogP contribution in [-0.4, -0.2) is 61.8 Å². The van der Waals surface area contributed by atoms with Crippen LogP contribution < -0.4 is 31.6 Å². The largest absolute Gasteiger partial charge is 0.481 e. The van der Waals surface area contributed by atoms with Crippen LogP contribution in [0.1, 0.15) is 56.8 Å². The lowest BCUT2D eigenvalue weighted by Crippen LogP contribution is -2.59. The van der Waals surface area contributed by atoms with Crippen LogP contribution in [0.25, 0.3) is 39.0 Å². The standard InChI is InChI=1S/C40H42Cl2N8O4/c1-39(14-12-33(51)46-39)22-43-19-23-10-11-30(45-37(23)54-3)29-9-5-8-28(36(29)42)27-7-4-6-26(35(27)41)24-16-31-38(53)49(2)32(48-50(31)21-24)20-44-25-17-40(18-25)15-13-34(52)47-40/h4-11,16,21,25,43-44H,12-15,17-20,22H2,1-3H3,(H,46,51)(H,47,52)/t25?,39-,40?/m0/s1. The van der Waals surface area contributed by atoms with Gasteiger partial charge in [0.05, 0.1) is 34.9 Å². The van der Waals surface area contributed by atoms with E-state index in [9.17, 15) is 14.4 Å². The molecule has 1 saturated carbocycles. The van der Waals surface area contributed by atoms with E-state index in [4.69, 9.17) is 38.0 Å². The number of pyridine rings is 1. The number of carbonyl (C=O) groups is 2. The molecule has 5 aromatic rings. The third-order valence-corrected chi connectivity index (χ3v) is 12.0. The van der Waals surface area contributed by atoms with Crippen molar-refractivity contribution in [2.24, 2.45) is 7.05 Å². The molecule has 0 bridgehead atoms. The molecule has 280 valence electrons. The summed E-state index contributed by atoms with van der Waals surface area (Å²) in [5, 5.41) is 18.9. The van der Waals surface area contributed by atoms with Gasteiger partial charge in [0.25, 0.3) is 5.56 Å². The lowest BCUT2D eigenvalue weighted by molar-refractivity contribution is -0.121. The number of rotatable bonds is 11. The minimum atomic E-state index is -0.272. The van der Waals surface area contributed by atoms with Crippen LogP contribution in [0.5, 0.6) is 5.88 Å². The van der Waals surface area contributed by atoms with Gasteiger partial charge in [-0.2, -0.15) is 5.10 Å². The topological polar surface area (TPSA) is 144 Å². The van der Waals surface area contributed by atoms with E-state index in [0.29, 0.717) is 65.4 Å². The Morgan fingerprint density at radius 1 is 0.907 bits per heavy atom. The van der Waals surface area contributed by atoms with Gasteiger partial charge in [-0.15, -0.1) is 0 Å². The summed E-state index contributed by atoms with van der Waals surface area (Å²) in [5.41, 5.74) is 5.16. The van der Waals surface area contributed by atoms with Gasteiger partial charge in [0.1, 0.15) is 11.3 Å². The molecule has 1 aliphatic carbocycles. The maximum absolute atomic E-state index is 13.5. The molecule has 3 aliphatic rings. The zero-order valence-corrected chi connectivity index (χ0v) is 31.9. The third kappa shape index (κ3) is 6.76. The zero-order valence-electron chi connectivity index (χ0n) is 30.4. The summed E-state index contributed by atoms with van der Waals surface area (Å²) in [4.78, 5) is 41.8. The molecule has 2 saturated heterocycles. The zero-order chi connectivity index (χ0) is 37.8. The van der Waals surface area contributed by atoms with Crippen molar-refractivity contribution in [1.82, 2.24) is 40.4 Å². The molecule has 4 N–H and O–H groups in total. The molecule has 5 heterocycles. The average molecular weight is 770 g/mol. The number of ether oxygens (including phenoxy) is 1. The fraction of sp³-hybridized carbons (Fsp3) is 0.375. The van der Waals surface area contributed by atoms with Crippen molar-refractivity contribution < 1.29 is 14.3 Å². The predicted octanol–water partition coefficient (Wildman–Crippen LogP) is 5.40. The summed E-state index contributed by atoms with van der Waals surface area (Å²) >= 11 is 14.3. The molecule has 2 amide bonds. The Morgan fingerprint density at radius 3 is 2.28 bits per heavy atom. The lowest BCUT2D eigenvalue weighted by Gasteiger charge is -2.45. The Labute approximate surface area is 322 Å². The minimum absolute atomic E-state index is 0.0721. The minimum Gasteiger partial charge on any atom is -0.481 e. The molecule has 2 aliphatic heterocycles. The lowest BCUT2D eigenvalue weighted by atomic mass is 9.72. The first-order valence-electron chi connectivity index (χ1n) is 18.2. The second-order valence-corrected chi connectivity index (χ2v) is 15.8. The Hall–Kier alpha value is -4.75. The maximum atomic E-state index is 13.5. The molecule has 54 heavy (non-hydrogen) atoms. The van der Waals surface area contributed by atoms with Gasteiger partial charge in [-0.25, -0.2) is 9.50 Å². The highest BCUT2D eigenvalue weighted by Crippen LogP contribution is 2.43. The molecule has 1 atom stereocenters. The third-order valence-electron chi connectivity index (χ3n) is 11.2. The maximum Gasteiger partial charge on any atom is 0.277 e. The average Bonchev–Trinajstić information content (AvgIpc) is 3.85. The number of hydrogen-bond donors (Lipinski definition) is 4. The number of halogens is 2. The molecule has 12 nitrogen and oxygen atoms in total. The van der Waals surface area contributed by atoms with Crippen LogP contribution in [-0.2, 0) is 29.7 Å². The van der Waals surface area contributed by atoms with Gasteiger partial charge in [0, 0.05) is 84.1 Å². The molecule has 0 radical (unpaired) electrons. The summed E-state index contributed by atoms with van der Waals surface area (Å²) in [7, 11) is 3.32. The monoisotopic (exact) mass is 768 g/mol. The highest BCUT2D eigenvalue weighted by molar-refractivity contribution is 6.39. The molecule has 3 aromatic heterocycles. The normalized spacial score (nSPS) is 22.1. The van der Waals surface area contributed by atoms with Crippen LogP contribution in [0.2, 0.25) is 10.0 Å². The number of nitrogens with one attached hydrogen (secondary N) is 4. The summed E-state index contributed by atoms with van der Waals surface area (Å²) < 4.78 is 8.87. The van der Waals surface area contributed by atoms with Gasteiger partial charge in [-0.05, 0) is 44.7 Å². The van der Waals surface area contributed by atoms with E-state index in [-0.39, 0.29) is 34.5 Å². The quantitative estimate of drug-likeness (QED) is 0.140. The van der Waals surface area contributed by atoms with Crippen LogP contribution in [0, 0.1) is 0 Å². The van der Waals surface area contributed by atoms with Crippen LogP contribution in [0.3, 0.4) is 0 Å². The summed E-state index contributed by atoms with van der Waals surface area (Å²) in [6.45, 7) is 3.62. The summed E-state index contributed by atoms with van der Waals surface area (Å²) in [5.74, 6) is 1.30. The number of fused-ring (bicyclic) bond motifs is 1. The number of nitrogens with zero attached hydrogens (tertiary/aromatic N) is 4. The fourth-order valence-electron chi connectivity index (χ4n) is 8.11. The number of methoxy groups -OCH3 is 1. The van der Waals surface area contributed by atoms with Gasteiger partial charge in [0.15, 0.2) is 0 Å². The predicted molar refractivity (Wildman–Crippen MR) is 209 cm³/mol. The Morgan fingerprint density at radius 2 is 1.59 bits per heavy atom. The molecule has 2 aromatic carbocycles. The SMILES string of the molecule is COc1nc(-c2cccc(-c3cccc(-c4cc5c(=O)n(C)c(CNC6CC7(CCC(=O)N7)C6)nn5c4)c3Cl)c2Cl)ccc1CNC[C@]1(C)CCC(=O)N1. The van der Waals surface area contributed by atoms with Crippen LogP contribution >= 0.6 is 23.2 Å². The first-order chi connectivity index (χ1) is 25.9. The van der Waals surface area contributed by atoms with Crippen LogP contribution in [0.4, 0.5) is 0 Å². The number of aromatic nitrogens is 4. The van der Waals surface area contributed by atoms with E-state index in [0.717, 1.165) is 59.1 Å². The van der Waals surface area contributed by atoms with Gasteiger partial charge in [-0.1, -0.05) is 65.7 Å². The van der Waals surface area contributed by atoms with Crippen molar-refractivity contribution in [1.29, 1.82) is 0 Å². The van der Waals surface area contributed by atoms with E-state index in [1.54, 1.807) is 23.2 Å². The first-order valence-corrected chi connectivity index (χ1v) is 19.0. The fourth-order valence-corrected chi connectivity index (χ4v) is 8.77.